The molecule has 5 nitrogen and oxygen atoms in total. The number of nitrogen functional groups attached to an aromatic ring is 1. The van der Waals surface area contributed by atoms with Gasteiger partial charge < -0.3 is 10.6 Å². The number of rotatable bonds is 2. The van der Waals surface area contributed by atoms with Crippen molar-refractivity contribution in [2.24, 2.45) is 7.05 Å². The molecule has 0 aliphatic carbocycles. The van der Waals surface area contributed by atoms with E-state index in [2.05, 4.69) is 5.10 Å². The monoisotopic (exact) mass is 256 g/mol. The van der Waals surface area contributed by atoms with Gasteiger partial charge in [-0.2, -0.15) is 5.10 Å². The van der Waals surface area contributed by atoms with Crippen LogP contribution in [0.2, 0.25) is 0 Å². The van der Waals surface area contributed by atoms with Gasteiger partial charge in [-0.05, 0) is 30.2 Å². The molecule has 0 radical (unpaired) electrons. The molecule has 0 saturated heterocycles. The van der Waals surface area contributed by atoms with Crippen molar-refractivity contribution < 1.29 is 4.79 Å². The van der Waals surface area contributed by atoms with E-state index in [1.807, 2.05) is 36.3 Å². The minimum atomic E-state index is 0.154. The fourth-order valence-corrected chi connectivity index (χ4v) is 2.49. The molecular weight excluding hydrogens is 240 g/mol. The molecule has 1 aliphatic rings. The number of aromatic nitrogens is 2. The van der Waals surface area contributed by atoms with Gasteiger partial charge in [0.2, 0.25) is 5.91 Å². The van der Waals surface area contributed by atoms with Crippen LogP contribution < -0.4 is 10.6 Å². The highest BCUT2D eigenvalue weighted by atomic mass is 16.2. The van der Waals surface area contributed by atoms with Crippen LogP contribution in [0.5, 0.6) is 0 Å². The molecule has 0 spiro atoms. The van der Waals surface area contributed by atoms with Gasteiger partial charge in [0.15, 0.2) is 0 Å². The highest BCUT2D eigenvalue weighted by Crippen LogP contribution is 2.30. The maximum atomic E-state index is 12.1. The molecule has 1 aromatic heterocycles. The summed E-state index contributed by atoms with van der Waals surface area (Å²) in [5, 5.41) is 4.14. The zero-order chi connectivity index (χ0) is 13.4. The molecule has 5 heteroatoms. The number of anilines is 2. The van der Waals surface area contributed by atoms with Crippen molar-refractivity contribution in [3.05, 3.63) is 41.7 Å². The Labute approximate surface area is 111 Å². The summed E-state index contributed by atoms with van der Waals surface area (Å²) in [6.07, 6.45) is 5.02. The number of benzene rings is 1. The first-order valence-corrected chi connectivity index (χ1v) is 6.30. The Hall–Kier alpha value is -2.30. The van der Waals surface area contributed by atoms with Crippen LogP contribution in [-0.2, 0) is 24.8 Å². The molecule has 98 valence electrons. The number of hydrogen-bond acceptors (Lipinski definition) is 3. The molecule has 1 aliphatic heterocycles. The molecule has 0 saturated carbocycles. The van der Waals surface area contributed by atoms with Crippen molar-refractivity contribution in [3.63, 3.8) is 0 Å². The predicted octanol–water partition coefficient (Wildman–Crippen LogP) is 1.48. The van der Waals surface area contributed by atoms with E-state index >= 15 is 0 Å². The van der Waals surface area contributed by atoms with Gasteiger partial charge in [-0.25, -0.2) is 0 Å². The Kier molecular flexibility index (Phi) is 2.74. The number of hydrogen-bond donors (Lipinski definition) is 1. The quantitative estimate of drug-likeness (QED) is 0.828. The Morgan fingerprint density at radius 1 is 1.37 bits per heavy atom. The van der Waals surface area contributed by atoms with Crippen LogP contribution in [0.25, 0.3) is 0 Å². The average molecular weight is 256 g/mol. The van der Waals surface area contributed by atoms with Crippen LogP contribution in [-0.4, -0.2) is 15.7 Å². The second kappa shape index (κ2) is 4.42. The molecule has 1 amide bonds. The second-order valence-electron chi connectivity index (χ2n) is 4.89. The summed E-state index contributed by atoms with van der Waals surface area (Å²) >= 11 is 0. The van der Waals surface area contributed by atoms with Gasteiger partial charge in [0.05, 0.1) is 12.7 Å². The third-order valence-corrected chi connectivity index (χ3v) is 3.40. The van der Waals surface area contributed by atoms with Gasteiger partial charge in [-0.15, -0.1) is 0 Å². The van der Waals surface area contributed by atoms with Crippen molar-refractivity contribution in [2.75, 3.05) is 10.6 Å². The first-order chi connectivity index (χ1) is 9.13. The van der Waals surface area contributed by atoms with E-state index in [-0.39, 0.29) is 5.91 Å². The van der Waals surface area contributed by atoms with Gasteiger partial charge in [-0.1, -0.05) is 0 Å². The molecule has 0 bridgehead atoms. The van der Waals surface area contributed by atoms with Crippen LogP contribution in [0, 0.1) is 0 Å². The number of carbonyl (C=O) groups is 1. The fraction of sp³-hybridized carbons (Fsp3) is 0.286. The van der Waals surface area contributed by atoms with Crippen molar-refractivity contribution in [1.29, 1.82) is 0 Å². The number of aryl methyl sites for hydroxylation is 2. The first kappa shape index (κ1) is 11.8. The smallest absolute Gasteiger partial charge is 0.227 e. The topological polar surface area (TPSA) is 64.2 Å². The summed E-state index contributed by atoms with van der Waals surface area (Å²) in [5.74, 6) is 0.154. The van der Waals surface area contributed by atoms with Crippen molar-refractivity contribution >= 4 is 17.3 Å². The van der Waals surface area contributed by atoms with Crippen LogP contribution >= 0.6 is 0 Å². The molecule has 0 atom stereocenters. The molecule has 2 heterocycles. The van der Waals surface area contributed by atoms with Crippen LogP contribution in [0.1, 0.15) is 17.5 Å². The maximum absolute atomic E-state index is 12.1. The van der Waals surface area contributed by atoms with E-state index < -0.39 is 0 Å². The van der Waals surface area contributed by atoms with Gasteiger partial charge in [0.1, 0.15) is 0 Å². The molecular formula is C14H16N4O. The normalized spacial score (nSPS) is 14.6. The summed E-state index contributed by atoms with van der Waals surface area (Å²) < 4.78 is 1.74. The lowest BCUT2D eigenvalue weighted by molar-refractivity contribution is -0.119. The van der Waals surface area contributed by atoms with Crippen molar-refractivity contribution in [1.82, 2.24) is 9.78 Å². The Balaban J connectivity index is 1.94. The lowest BCUT2D eigenvalue weighted by atomic mass is 10.00. The molecule has 1 aromatic carbocycles. The summed E-state index contributed by atoms with van der Waals surface area (Å²) in [5.41, 5.74) is 9.68. The highest BCUT2D eigenvalue weighted by Gasteiger charge is 2.24. The number of amides is 1. The van der Waals surface area contributed by atoms with Crippen LogP contribution in [0.4, 0.5) is 11.4 Å². The minimum Gasteiger partial charge on any atom is -0.399 e. The SMILES string of the molecule is Cn1cc(CN2C(=O)CCc3cc(N)ccc32)cn1. The average Bonchev–Trinajstić information content (AvgIpc) is 2.78. The standard InChI is InChI=1S/C14H16N4O/c1-17-8-10(7-16-17)9-18-13-4-3-12(15)6-11(13)2-5-14(18)19/h3-4,6-8H,2,5,9,15H2,1H3. The van der Waals surface area contributed by atoms with E-state index in [9.17, 15) is 4.79 Å². The lowest BCUT2D eigenvalue weighted by Gasteiger charge is -2.29. The maximum Gasteiger partial charge on any atom is 0.227 e. The van der Waals surface area contributed by atoms with Gasteiger partial charge >= 0.3 is 0 Å². The summed E-state index contributed by atoms with van der Waals surface area (Å²) in [6, 6.07) is 5.73. The lowest BCUT2D eigenvalue weighted by Crippen LogP contribution is -2.34. The molecule has 2 N–H and O–H groups in total. The Morgan fingerprint density at radius 3 is 2.95 bits per heavy atom. The van der Waals surface area contributed by atoms with E-state index in [4.69, 9.17) is 5.73 Å². The predicted molar refractivity (Wildman–Crippen MR) is 73.6 cm³/mol. The summed E-state index contributed by atoms with van der Waals surface area (Å²) in [7, 11) is 1.87. The summed E-state index contributed by atoms with van der Waals surface area (Å²) in [4.78, 5) is 13.9. The number of nitrogens with zero attached hydrogens (tertiary/aromatic N) is 3. The number of nitrogens with two attached hydrogens (primary N) is 1. The zero-order valence-corrected chi connectivity index (χ0v) is 10.8. The molecule has 0 unspecified atom stereocenters. The van der Waals surface area contributed by atoms with Gasteiger partial charge in [-0.3, -0.25) is 9.48 Å². The highest BCUT2D eigenvalue weighted by molar-refractivity contribution is 5.96. The molecule has 19 heavy (non-hydrogen) atoms. The molecule has 3 rings (SSSR count). The van der Waals surface area contributed by atoms with Gasteiger partial charge in [0.25, 0.3) is 0 Å². The van der Waals surface area contributed by atoms with E-state index in [0.717, 1.165) is 28.9 Å². The van der Waals surface area contributed by atoms with Crippen molar-refractivity contribution in [2.45, 2.75) is 19.4 Å². The first-order valence-electron chi connectivity index (χ1n) is 6.30. The fourth-order valence-electron chi connectivity index (χ4n) is 2.49. The van der Waals surface area contributed by atoms with Crippen molar-refractivity contribution in [3.8, 4) is 0 Å². The largest absolute Gasteiger partial charge is 0.399 e. The Bertz CT molecular complexity index is 632. The molecule has 0 fully saturated rings. The summed E-state index contributed by atoms with van der Waals surface area (Å²) in [6.45, 7) is 0.559. The van der Waals surface area contributed by atoms with Crippen LogP contribution in [0.3, 0.4) is 0 Å². The third kappa shape index (κ3) is 2.19. The van der Waals surface area contributed by atoms with E-state index in [0.29, 0.717) is 13.0 Å². The van der Waals surface area contributed by atoms with E-state index in [1.165, 1.54) is 0 Å². The third-order valence-electron chi connectivity index (χ3n) is 3.40. The zero-order valence-electron chi connectivity index (χ0n) is 10.8. The number of carbonyl (C=O) groups excluding carboxylic acids is 1. The number of fused-ring (bicyclic) bond motifs is 1. The van der Waals surface area contributed by atoms with E-state index in [1.54, 1.807) is 10.9 Å². The Morgan fingerprint density at radius 2 is 2.21 bits per heavy atom. The minimum absolute atomic E-state index is 0.154. The van der Waals surface area contributed by atoms with Gasteiger partial charge in [0, 0.05) is 36.6 Å². The molecule has 2 aromatic rings. The second-order valence-corrected chi connectivity index (χ2v) is 4.89. The van der Waals surface area contributed by atoms with Crippen LogP contribution in [0.15, 0.2) is 30.6 Å².